The number of rotatable bonds is 1. The molecule has 1 N–H and O–H groups in total. The van der Waals surface area contributed by atoms with Crippen molar-refractivity contribution >= 4 is 0 Å². The van der Waals surface area contributed by atoms with Gasteiger partial charge >= 0.3 is 0 Å². The quantitative estimate of drug-likeness (QED) is 0.635. The van der Waals surface area contributed by atoms with Crippen LogP contribution in [0.15, 0.2) is 11.6 Å². The van der Waals surface area contributed by atoms with Crippen molar-refractivity contribution in [2.75, 3.05) is 0 Å². The van der Waals surface area contributed by atoms with Crippen molar-refractivity contribution in [3.05, 3.63) is 11.6 Å². The zero-order chi connectivity index (χ0) is 10.2. The molecule has 1 heteroatoms. The Hall–Kier alpha value is -0.300. The third kappa shape index (κ3) is 1.52. The highest BCUT2D eigenvalue weighted by Crippen LogP contribution is 2.46. The first-order valence-corrected chi connectivity index (χ1v) is 6.06. The second-order valence-corrected chi connectivity index (χ2v) is 5.28. The normalized spacial score (nSPS) is 38.0. The van der Waals surface area contributed by atoms with E-state index in [0.717, 1.165) is 6.42 Å². The van der Waals surface area contributed by atoms with E-state index in [0.29, 0.717) is 11.8 Å². The highest BCUT2D eigenvalue weighted by molar-refractivity contribution is 5.22. The van der Waals surface area contributed by atoms with Crippen molar-refractivity contribution in [3.63, 3.8) is 0 Å². The van der Waals surface area contributed by atoms with Crippen molar-refractivity contribution in [2.45, 2.75) is 58.0 Å². The summed E-state index contributed by atoms with van der Waals surface area (Å²) < 4.78 is 0. The summed E-state index contributed by atoms with van der Waals surface area (Å²) in [6, 6.07) is 0. The van der Waals surface area contributed by atoms with Crippen LogP contribution in [0.2, 0.25) is 0 Å². The molecule has 14 heavy (non-hydrogen) atoms. The minimum Gasteiger partial charge on any atom is -0.389 e. The van der Waals surface area contributed by atoms with Crippen molar-refractivity contribution < 1.29 is 5.11 Å². The van der Waals surface area contributed by atoms with Crippen LogP contribution < -0.4 is 0 Å². The first-order valence-electron chi connectivity index (χ1n) is 6.06. The van der Waals surface area contributed by atoms with Crippen LogP contribution in [0.1, 0.15) is 52.4 Å². The van der Waals surface area contributed by atoms with Crippen molar-refractivity contribution in [3.8, 4) is 0 Å². The first kappa shape index (κ1) is 10.2. The van der Waals surface area contributed by atoms with Crippen LogP contribution in [0, 0.1) is 11.8 Å². The monoisotopic (exact) mass is 194 g/mol. The predicted octanol–water partition coefficient (Wildman–Crippen LogP) is 3.28. The molecule has 1 nitrogen and oxygen atoms in total. The molecule has 0 bridgehead atoms. The van der Waals surface area contributed by atoms with Gasteiger partial charge in [-0.15, -0.1) is 0 Å². The van der Waals surface area contributed by atoms with Gasteiger partial charge in [0.1, 0.15) is 0 Å². The summed E-state index contributed by atoms with van der Waals surface area (Å²) in [5, 5.41) is 10.6. The SMILES string of the molecule is CC(C)[C@]1(O)CC=C2CCCCCC21. The summed E-state index contributed by atoms with van der Waals surface area (Å²) in [5.41, 5.74) is 1.14. The van der Waals surface area contributed by atoms with E-state index < -0.39 is 5.60 Å². The lowest BCUT2D eigenvalue weighted by atomic mass is 9.76. The van der Waals surface area contributed by atoms with Gasteiger partial charge in [-0.1, -0.05) is 38.3 Å². The molecule has 1 unspecified atom stereocenters. The summed E-state index contributed by atoms with van der Waals surface area (Å²) >= 11 is 0. The van der Waals surface area contributed by atoms with Gasteiger partial charge in [0.05, 0.1) is 5.60 Å². The van der Waals surface area contributed by atoms with Crippen LogP contribution in [0.25, 0.3) is 0 Å². The summed E-state index contributed by atoms with van der Waals surface area (Å²) in [4.78, 5) is 0. The number of hydrogen-bond donors (Lipinski definition) is 1. The Labute approximate surface area is 87.2 Å². The Balaban J connectivity index is 2.19. The number of fused-ring (bicyclic) bond motifs is 1. The van der Waals surface area contributed by atoms with Gasteiger partial charge in [-0.05, 0) is 31.6 Å². The van der Waals surface area contributed by atoms with Gasteiger partial charge < -0.3 is 5.11 Å². The van der Waals surface area contributed by atoms with Gasteiger partial charge in [-0.3, -0.25) is 0 Å². The standard InChI is InChI=1S/C13H22O/c1-10(2)13(14)9-8-11-6-4-3-5-7-12(11)13/h8,10,12,14H,3-7,9H2,1-2H3/t12?,13-/m1/s1. The zero-order valence-corrected chi connectivity index (χ0v) is 9.42. The van der Waals surface area contributed by atoms with E-state index in [2.05, 4.69) is 19.9 Å². The largest absolute Gasteiger partial charge is 0.389 e. The van der Waals surface area contributed by atoms with E-state index >= 15 is 0 Å². The van der Waals surface area contributed by atoms with Gasteiger partial charge in [-0.25, -0.2) is 0 Å². The lowest BCUT2D eigenvalue weighted by Crippen LogP contribution is -2.40. The second kappa shape index (κ2) is 3.69. The highest BCUT2D eigenvalue weighted by Gasteiger charge is 2.44. The smallest absolute Gasteiger partial charge is 0.0769 e. The lowest BCUT2D eigenvalue weighted by molar-refractivity contribution is -0.0367. The Kier molecular flexibility index (Phi) is 2.70. The van der Waals surface area contributed by atoms with E-state index in [1.807, 2.05) is 0 Å². The van der Waals surface area contributed by atoms with Crippen LogP contribution in [0.5, 0.6) is 0 Å². The van der Waals surface area contributed by atoms with E-state index in [1.54, 1.807) is 5.57 Å². The minimum absolute atomic E-state index is 0.388. The van der Waals surface area contributed by atoms with E-state index in [9.17, 15) is 5.11 Å². The number of aliphatic hydroxyl groups is 1. The molecule has 2 rings (SSSR count). The molecule has 1 fully saturated rings. The van der Waals surface area contributed by atoms with Crippen molar-refractivity contribution in [1.82, 2.24) is 0 Å². The van der Waals surface area contributed by atoms with E-state index in [-0.39, 0.29) is 0 Å². The fourth-order valence-electron chi connectivity index (χ4n) is 3.10. The van der Waals surface area contributed by atoms with Crippen LogP contribution in [-0.4, -0.2) is 10.7 Å². The maximum Gasteiger partial charge on any atom is 0.0769 e. The molecule has 0 aromatic carbocycles. The molecule has 0 aromatic rings. The van der Waals surface area contributed by atoms with Crippen molar-refractivity contribution in [2.24, 2.45) is 11.8 Å². The van der Waals surface area contributed by atoms with E-state index in [4.69, 9.17) is 0 Å². The second-order valence-electron chi connectivity index (χ2n) is 5.28. The molecule has 0 spiro atoms. The third-order valence-electron chi connectivity index (χ3n) is 4.20. The Morgan fingerprint density at radius 1 is 1.36 bits per heavy atom. The van der Waals surface area contributed by atoms with Gasteiger partial charge in [0.2, 0.25) is 0 Å². The van der Waals surface area contributed by atoms with E-state index in [1.165, 1.54) is 32.1 Å². The van der Waals surface area contributed by atoms with Gasteiger partial charge in [0.25, 0.3) is 0 Å². The van der Waals surface area contributed by atoms with Crippen LogP contribution in [0.3, 0.4) is 0 Å². The van der Waals surface area contributed by atoms with Crippen LogP contribution in [0.4, 0.5) is 0 Å². The Morgan fingerprint density at radius 2 is 2.14 bits per heavy atom. The van der Waals surface area contributed by atoms with Gasteiger partial charge in [0, 0.05) is 5.92 Å². The lowest BCUT2D eigenvalue weighted by Gasteiger charge is -2.35. The van der Waals surface area contributed by atoms with Crippen LogP contribution >= 0.6 is 0 Å². The fraction of sp³-hybridized carbons (Fsp3) is 0.846. The molecule has 2 atom stereocenters. The Bertz CT molecular complexity index is 242. The minimum atomic E-state index is -0.417. The summed E-state index contributed by atoms with van der Waals surface area (Å²) in [7, 11) is 0. The van der Waals surface area contributed by atoms with Crippen molar-refractivity contribution in [1.29, 1.82) is 0 Å². The Morgan fingerprint density at radius 3 is 2.86 bits per heavy atom. The maximum absolute atomic E-state index is 10.6. The fourth-order valence-corrected chi connectivity index (χ4v) is 3.10. The maximum atomic E-state index is 10.6. The molecular formula is C13H22O. The van der Waals surface area contributed by atoms with Crippen LogP contribution in [-0.2, 0) is 0 Å². The molecule has 0 aliphatic heterocycles. The molecule has 0 amide bonds. The zero-order valence-electron chi connectivity index (χ0n) is 9.42. The summed E-state index contributed by atoms with van der Waals surface area (Å²) in [6.45, 7) is 4.31. The summed E-state index contributed by atoms with van der Waals surface area (Å²) in [5.74, 6) is 0.865. The highest BCUT2D eigenvalue weighted by atomic mass is 16.3. The molecule has 2 aliphatic rings. The molecule has 0 radical (unpaired) electrons. The van der Waals surface area contributed by atoms with Gasteiger partial charge in [0.15, 0.2) is 0 Å². The first-order chi connectivity index (χ1) is 6.64. The molecule has 0 heterocycles. The topological polar surface area (TPSA) is 20.2 Å². The summed E-state index contributed by atoms with van der Waals surface area (Å²) in [6.07, 6.45) is 9.64. The van der Waals surface area contributed by atoms with Gasteiger partial charge in [-0.2, -0.15) is 0 Å². The molecule has 0 saturated heterocycles. The molecular weight excluding hydrogens is 172 g/mol. The molecule has 80 valence electrons. The molecule has 1 saturated carbocycles. The average Bonchev–Trinajstić information content (AvgIpc) is 2.38. The number of hydrogen-bond acceptors (Lipinski definition) is 1. The molecule has 2 aliphatic carbocycles. The molecule has 0 aromatic heterocycles. The third-order valence-corrected chi connectivity index (χ3v) is 4.20. The average molecular weight is 194 g/mol. The predicted molar refractivity (Wildman–Crippen MR) is 59.1 cm³/mol.